The van der Waals surface area contributed by atoms with Crippen LogP contribution in [-0.4, -0.2) is 33.3 Å². The normalized spacial score (nSPS) is 11.4. The average Bonchev–Trinajstić information content (AvgIpc) is 2.96. The number of nitrogens with two attached hydrogens (primary N) is 1. The van der Waals surface area contributed by atoms with Crippen molar-refractivity contribution in [1.29, 1.82) is 0 Å². The summed E-state index contributed by atoms with van der Waals surface area (Å²) in [6, 6.07) is 9.21. The molecule has 7 heteroatoms. The molecule has 2 rings (SSSR count). The molecule has 0 aliphatic heterocycles. The third-order valence-corrected chi connectivity index (χ3v) is 6.29. The van der Waals surface area contributed by atoms with E-state index in [0.29, 0.717) is 12.1 Å². The van der Waals surface area contributed by atoms with Gasteiger partial charge in [-0.05, 0) is 36.4 Å². The lowest BCUT2D eigenvalue weighted by atomic mass is 10.2. The lowest BCUT2D eigenvalue weighted by molar-refractivity contribution is 0.0827. The van der Waals surface area contributed by atoms with E-state index in [1.54, 1.807) is 26.2 Å². The molecular weight excluding hydrogens is 308 g/mol. The molecule has 0 saturated carbocycles. The highest BCUT2D eigenvalue weighted by molar-refractivity contribution is 7.93. The van der Waals surface area contributed by atoms with Gasteiger partial charge >= 0.3 is 0 Å². The first kappa shape index (κ1) is 15.7. The SMILES string of the molecule is CN(C)C(=O)c1ccc(S(=O)(=O)c2ccc(CN)s2)cc1. The van der Waals surface area contributed by atoms with Crippen LogP contribution in [0.3, 0.4) is 0 Å². The van der Waals surface area contributed by atoms with Crippen LogP contribution >= 0.6 is 11.3 Å². The summed E-state index contributed by atoms with van der Waals surface area (Å²) in [6.07, 6.45) is 0. The van der Waals surface area contributed by atoms with E-state index in [1.165, 1.54) is 29.2 Å². The highest BCUT2D eigenvalue weighted by Gasteiger charge is 2.20. The zero-order valence-electron chi connectivity index (χ0n) is 11.7. The van der Waals surface area contributed by atoms with Crippen molar-refractivity contribution in [3.05, 3.63) is 46.8 Å². The first-order chi connectivity index (χ1) is 9.86. The molecule has 0 bridgehead atoms. The van der Waals surface area contributed by atoms with Gasteiger partial charge in [0.25, 0.3) is 5.91 Å². The fourth-order valence-corrected chi connectivity index (χ4v) is 4.40. The van der Waals surface area contributed by atoms with Crippen LogP contribution in [0.1, 0.15) is 15.2 Å². The summed E-state index contributed by atoms with van der Waals surface area (Å²) < 4.78 is 25.2. The summed E-state index contributed by atoms with van der Waals surface area (Å²) in [6.45, 7) is 0.316. The maximum atomic E-state index is 12.5. The van der Waals surface area contributed by atoms with Gasteiger partial charge in [-0.1, -0.05) is 0 Å². The molecule has 0 atom stereocenters. The van der Waals surface area contributed by atoms with Crippen molar-refractivity contribution in [2.24, 2.45) is 5.73 Å². The Morgan fingerprint density at radius 2 is 1.76 bits per heavy atom. The molecule has 21 heavy (non-hydrogen) atoms. The van der Waals surface area contributed by atoms with E-state index < -0.39 is 9.84 Å². The van der Waals surface area contributed by atoms with Crippen molar-refractivity contribution in [3.63, 3.8) is 0 Å². The number of hydrogen-bond acceptors (Lipinski definition) is 5. The minimum Gasteiger partial charge on any atom is -0.345 e. The Morgan fingerprint density at radius 1 is 1.14 bits per heavy atom. The number of carbonyl (C=O) groups excluding carboxylic acids is 1. The van der Waals surface area contributed by atoms with Crippen LogP contribution in [0.5, 0.6) is 0 Å². The monoisotopic (exact) mass is 324 g/mol. The van der Waals surface area contributed by atoms with Crippen LogP contribution in [0.15, 0.2) is 45.5 Å². The quantitative estimate of drug-likeness (QED) is 0.929. The Kier molecular flexibility index (Phi) is 4.46. The molecule has 0 aliphatic carbocycles. The molecule has 0 spiro atoms. The van der Waals surface area contributed by atoms with Gasteiger partial charge in [0.1, 0.15) is 4.21 Å². The minimum absolute atomic E-state index is 0.166. The molecule has 0 saturated heterocycles. The van der Waals surface area contributed by atoms with Crippen molar-refractivity contribution >= 4 is 27.1 Å². The van der Waals surface area contributed by atoms with Crippen LogP contribution in [0, 0.1) is 0 Å². The molecule has 5 nitrogen and oxygen atoms in total. The highest BCUT2D eigenvalue weighted by Crippen LogP contribution is 2.27. The van der Waals surface area contributed by atoms with Crippen LogP contribution in [0.25, 0.3) is 0 Å². The summed E-state index contributed by atoms with van der Waals surface area (Å²) in [7, 11) is -0.261. The predicted octanol–water partition coefficient (Wildman–Crippen LogP) is 1.74. The smallest absolute Gasteiger partial charge is 0.253 e. The first-order valence-corrected chi connectivity index (χ1v) is 8.52. The number of sulfone groups is 1. The molecule has 1 amide bonds. The average molecular weight is 324 g/mol. The van der Waals surface area contributed by atoms with Gasteiger partial charge in [-0.3, -0.25) is 4.79 Å². The van der Waals surface area contributed by atoms with Gasteiger partial charge in [0.15, 0.2) is 0 Å². The second-order valence-corrected chi connectivity index (χ2v) is 8.00. The van der Waals surface area contributed by atoms with E-state index in [9.17, 15) is 13.2 Å². The molecule has 1 aromatic carbocycles. The lowest BCUT2D eigenvalue weighted by Gasteiger charge is -2.10. The van der Waals surface area contributed by atoms with Gasteiger partial charge in [0.2, 0.25) is 9.84 Å². The van der Waals surface area contributed by atoms with E-state index in [-0.39, 0.29) is 15.0 Å². The second kappa shape index (κ2) is 5.97. The van der Waals surface area contributed by atoms with Crippen molar-refractivity contribution in [1.82, 2.24) is 4.90 Å². The third-order valence-electron chi connectivity index (χ3n) is 2.92. The van der Waals surface area contributed by atoms with Crippen molar-refractivity contribution in [2.45, 2.75) is 15.6 Å². The summed E-state index contributed by atoms with van der Waals surface area (Å²) >= 11 is 1.16. The van der Waals surface area contributed by atoms with E-state index in [1.807, 2.05) is 0 Å². The van der Waals surface area contributed by atoms with Gasteiger partial charge in [-0.25, -0.2) is 8.42 Å². The minimum atomic E-state index is -3.55. The largest absolute Gasteiger partial charge is 0.345 e. The van der Waals surface area contributed by atoms with Crippen molar-refractivity contribution in [3.8, 4) is 0 Å². The number of hydrogen-bond donors (Lipinski definition) is 1. The first-order valence-electron chi connectivity index (χ1n) is 6.22. The topological polar surface area (TPSA) is 80.5 Å². The molecule has 0 unspecified atom stereocenters. The molecular formula is C14H16N2O3S2. The number of thiophene rings is 1. The zero-order valence-corrected chi connectivity index (χ0v) is 13.4. The van der Waals surface area contributed by atoms with Crippen molar-refractivity contribution < 1.29 is 13.2 Å². The predicted molar refractivity (Wildman–Crippen MR) is 82.1 cm³/mol. The molecule has 1 heterocycles. The van der Waals surface area contributed by atoms with Gasteiger partial charge in [0.05, 0.1) is 4.90 Å². The highest BCUT2D eigenvalue weighted by atomic mass is 32.2. The van der Waals surface area contributed by atoms with Crippen LogP contribution in [0.2, 0.25) is 0 Å². The van der Waals surface area contributed by atoms with E-state index >= 15 is 0 Å². The summed E-state index contributed by atoms with van der Waals surface area (Å²) in [5.74, 6) is -0.166. The summed E-state index contributed by atoms with van der Waals surface area (Å²) in [5, 5.41) is 0. The molecule has 2 aromatic rings. The van der Waals surface area contributed by atoms with Crippen LogP contribution in [0.4, 0.5) is 0 Å². The Bertz CT molecular complexity index is 747. The Morgan fingerprint density at radius 3 is 2.24 bits per heavy atom. The van der Waals surface area contributed by atoms with Gasteiger partial charge in [0, 0.05) is 31.1 Å². The molecule has 1 aromatic heterocycles. The second-order valence-electron chi connectivity index (χ2n) is 4.65. The molecule has 0 fully saturated rings. The lowest BCUT2D eigenvalue weighted by Crippen LogP contribution is -2.21. The maximum Gasteiger partial charge on any atom is 0.253 e. The third kappa shape index (κ3) is 3.15. The summed E-state index contributed by atoms with van der Waals surface area (Å²) in [4.78, 5) is 14.2. The molecule has 112 valence electrons. The van der Waals surface area contributed by atoms with Crippen LogP contribution in [-0.2, 0) is 16.4 Å². The Labute approximate surface area is 127 Å². The van der Waals surface area contributed by atoms with Crippen molar-refractivity contribution in [2.75, 3.05) is 14.1 Å². The standard InChI is InChI=1S/C14H16N2O3S2/c1-16(2)14(17)10-3-6-12(7-4-10)21(18,19)13-8-5-11(9-15)20-13/h3-8H,9,15H2,1-2H3. The number of rotatable bonds is 4. The molecule has 0 radical (unpaired) electrons. The van der Waals surface area contributed by atoms with Gasteiger partial charge in [-0.15, -0.1) is 11.3 Å². The van der Waals surface area contributed by atoms with E-state index in [2.05, 4.69) is 0 Å². The number of amides is 1. The Hall–Kier alpha value is -1.70. The fraction of sp³-hybridized carbons (Fsp3) is 0.214. The number of nitrogens with zero attached hydrogens (tertiary/aromatic N) is 1. The Balaban J connectivity index is 2.35. The van der Waals surface area contributed by atoms with Gasteiger partial charge < -0.3 is 10.6 Å². The molecule has 2 N–H and O–H groups in total. The maximum absolute atomic E-state index is 12.5. The fourth-order valence-electron chi connectivity index (χ4n) is 1.76. The summed E-state index contributed by atoms with van der Waals surface area (Å²) in [5.41, 5.74) is 5.95. The number of carbonyl (C=O) groups is 1. The zero-order chi connectivity index (χ0) is 15.6. The molecule has 0 aliphatic rings. The number of benzene rings is 1. The van der Waals surface area contributed by atoms with E-state index in [0.717, 1.165) is 16.2 Å². The van der Waals surface area contributed by atoms with Crippen LogP contribution < -0.4 is 5.73 Å². The van der Waals surface area contributed by atoms with E-state index in [4.69, 9.17) is 5.73 Å². The van der Waals surface area contributed by atoms with Gasteiger partial charge in [-0.2, -0.15) is 0 Å².